The zero-order valence-corrected chi connectivity index (χ0v) is 43.3. The Kier molecular flexibility index (Phi) is 51.1. The predicted octanol–water partition coefficient (Wildman–Crippen LogP) is 18.0. The van der Waals surface area contributed by atoms with Gasteiger partial charge in [-0.3, -0.25) is 14.4 Å². The summed E-state index contributed by atoms with van der Waals surface area (Å²) in [4.78, 5) is 38.0. The van der Waals surface area contributed by atoms with Gasteiger partial charge in [0.2, 0.25) is 0 Å². The summed E-state index contributed by atoms with van der Waals surface area (Å²) in [5.41, 5.74) is 0. The monoisotopic (exact) mass is 937 g/mol. The van der Waals surface area contributed by atoms with Gasteiger partial charge < -0.3 is 14.2 Å². The van der Waals surface area contributed by atoms with E-state index in [0.29, 0.717) is 12.8 Å². The normalized spacial score (nSPS) is 13.3. The number of carbonyl (C=O) groups excluding carboxylic acids is 3. The van der Waals surface area contributed by atoms with Crippen molar-refractivity contribution in [3.05, 3.63) is 146 Å². The molecule has 6 nitrogen and oxygen atoms in total. The van der Waals surface area contributed by atoms with Crippen LogP contribution in [0.5, 0.6) is 0 Å². The first-order chi connectivity index (χ1) is 33.5. The summed E-state index contributed by atoms with van der Waals surface area (Å²) in [5, 5.41) is 0. The molecule has 6 heteroatoms. The Bertz CT molecular complexity index is 1540. The van der Waals surface area contributed by atoms with Crippen molar-refractivity contribution in [2.45, 2.75) is 213 Å². The SMILES string of the molecule is CC/C=C\C/C=C\C/C=C\C/C=C\C/C=C\C/C=C\CCC(=O)OCC(COC(=O)CCCCCCC/C=C\C/C=C\CCCC)OC(=O)CCCCCC/C=C\C/C=C\C/C=C\C/C=C\CC. The second kappa shape index (κ2) is 54.9. The number of esters is 3. The zero-order chi connectivity index (χ0) is 49.3. The number of unbranched alkanes of at least 4 members (excludes halogenated alkanes) is 11. The highest BCUT2D eigenvalue weighted by molar-refractivity contribution is 5.71. The van der Waals surface area contributed by atoms with Crippen LogP contribution in [0.15, 0.2) is 146 Å². The third-order valence-corrected chi connectivity index (χ3v) is 10.6. The van der Waals surface area contributed by atoms with E-state index in [4.69, 9.17) is 14.2 Å². The van der Waals surface area contributed by atoms with Gasteiger partial charge in [-0.25, -0.2) is 0 Å². The van der Waals surface area contributed by atoms with E-state index in [-0.39, 0.29) is 44.0 Å². The molecule has 68 heavy (non-hydrogen) atoms. The summed E-state index contributed by atoms with van der Waals surface area (Å²) in [7, 11) is 0. The summed E-state index contributed by atoms with van der Waals surface area (Å²) in [5.74, 6) is -1.06. The van der Waals surface area contributed by atoms with Crippen molar-refractivity contribution in [2.75, 3.05) is 13.2 Å². The third kappa shape index (κ3) is 52.3. The van der Waals surface area contributed by atoms with Crippen molar-refractivity contribution >= 4 is 17.9 Å². The van der Waals surface area contributed by atoms with E-state index in [2.05, 4.69) is 154 Å². The molecule has 0 aliphatic rings. The van der Waals surface area contributed by atoms with Crippen molar-refractivity contribution in [2.24, 2.45) is 0 Å². The van der Waals surface area contributed by atoms with Crippen LogP contribution in [-0.2, 0) is 28.6 Å². The van der Waals surface area contributed by atoms with E-state index in [1.165, 1.54) is 19.3 Å². The first-order valence-corrected chi connectivity index (χ1v) is 26.8. The Morgan fingerprint density at radius 3 is 0.985 bits per heavy atom. The molecule has 0 saturated carbocycles. The molecule has 0 aliphatic heterocycles. The van der Waals surface area contributed by atoms with E-state index >= 15 is 0 Å². The molecule has 0 amide bonds. The van der Waals surface area contributed by atoms with Gasteiger partial charge in [0.05, 0.1) is 0 Å². The maximum Gasteiger partial charge on any atom is 0.306 e. The first-order valence-electron chi connectivity index (χ1n) is 26.8. The fraction of sp³-hybridized carbons (Fsp3) is 0.565. The molecule has 0 fully saturated rings. The van der Waals surface area contributed by atoms with Gasteiger partial charge in [-0.15, -0.1) is 0 Å². The average Bonchev–Trinajstić information content (AvgIpc) is 3.34. The molecule has 0 aromatic rings. The van der Waals surface area contributed by atoms with Crippen LogP contribution in [0.25, 0.3) is 0 Å². The second-order valence-electron chi connectivity index (χ2n) is 17.0. The van der Waals surface area contributed by atoms with E-state index in [1.807, 2.05) is 12.2 Å². The van der Waals surface area contributed by atoms with Crippen LogP contribution in [-0.4, -0.2) is 37.2 Å². The van der Waals surface area contributed by atoms with Gasteiger partial charge in [0.15, 0.2) is 6.10 Å². The summed E-state index contributed by atoms with van der Waals surface area (Å²) in [6.07, 6.45) is 78.4. The highest BCUT2D eigenvalue weighted by atomic mass is 16.6. The van der Waals surface area contributed by atoms with Gasteiger partial charge in [-0.1, -0.05) is 212 Å². The zero-order valence-electron chi connectivity index (χ0n) is 43.3. The fourth-order valence-electron chi connectivity index (χ4n) is 6.59. The molecule has 0 aromatic heterocycles. The number of rotatable bonds is 46. The molecule has 0 radical (unpaired) electrons. The minimum absolute atomic E-state index is 0.125. The summed E-state index contributed by atoms with van der Waals surface area (Å²) >= 11 is 0. The van der Waals surface area contributed by atoms with Crippen LogP contribution in [0, 0.1) is 0 Å². The summed E-state index contributed by atoms with van der Waals surface area (Å²) < 4.78 is 16.7. The van der Waals surface area contributed by atoms with Gasteiger partial charge in [-0.05, 0) is 122 Å². The smallest absolute Gasteiger partial charge is 0.306 e. The van der Waals surface area contributed by atoms with Crippen LogP contribution >= 0.6 is 0 Å². The van der Waals surface area contributed by atoms with Gasteiger partial charge in [0.25, 0.3) is 0 Å². The van der Waals surface area contributed by atoms with Crippen LogP contribution in [0.2, 0.25) is 0 Å². The maximum atomic E-state index is 12.8. The Morgan fingerprint density at radius 1 is 0.309 bits per heavy atom. The third-order valence-electron chi connectivity index (χ3n) is 10.6. The number of hydrogen-bond donors (Lipinski definition) is 0. The lowest BCUT2D eigenvalue weighted by Gasteiger charge is -2.18. The number of hydrogen-bond acceptors (Lipinski definition) is 6. The Labute approximate surface area is 417 Å². The van der Waals surface area contributed by atoms with E-state index < -0.39 is 6.10 Å². The van der Waals surface area contributed by atoms with Crippen LogP contribution in [0.1, 0.15) is 207 Å². The molecule has 0 aromatic carbocycles. The maximum absolute atomic E-state index is 12.8. The molecule has 0 saturated heterocycles. The molecule has 0 spiro atoms. The molecular weight excluding hydrogens is 841 g/mol. The highest BCUT2D eigenvalue weighted by Gasteiger charge is 2.19. The lowest BCUT2D eigenvalue weighted by molar-refractivity contribution is -0.166. The average molecular weight is 937 g/mol. The van der Waals surface area contributed by atoms with Crippen molar-refractivity contribution in [1.29, 1.82) is 0 Å². The minimum atomic E-state index is -0.834. The molecule has 380 valence electrons. The van der Waals surface area contributed by atoms with Crippen molar-refractivity contribution in [3.63, 3.8) is 0 Å². The second-order valence-corrected chi connectivity index (χ2v) is 17.0. The summed E-state index contributed by atoms with van der Waals surface area (Å²) in [6.45, 7) is 6.25. The van der Waals surface area contributed by atoms with Gasteiger partial charge in [0, 0.05) is 19.3 Å². The summed E-state index contributed by atoms with van der Waals surface area (Å²) in [6, 6.07) is 0. The predicted molar refractivity (Wildman–Crippen MR) is 292 cm³/mol. The van der Waals surface area contributed by atoms with Crippen molar-refractivity contribution in [3.8, 4) is 0 Å². The van der Waals surface area contributed by atoms with Crippen molar-refractivity contribution < 1.29 is 28.6 Å². The quantitative estimate of drug-likeness (QED) is 0.0262. The molecule has 0 rings (SSSR count). The van der Waals surface area contributed by atoms with Gasteiger partial charge >= 0.3 is 17.9 Å². The standard InChI is InChI=1S/C62H96O6/c1-4-7-10-13-16-19-22-25-28-30-31-33-34-37-40-43-46-49-52-55-61(64)67-58-59(57-66-60(63)54-51-48-45-42-39-36-27-24-21-18-15-12-9-6-3)68-62(65)56-53-50-47-44-41-38-35-32-29-26-23-20-17-14-11-8-5-2/h7-8,10-11,15-20,24-29,31,33,35,37-38,40,46,49,59H,4-6,9,12-14,21-23,30,32,34,36,39,41-45,47-48,50-58H2,1-3H3/b10-7-,11-8-,18-15-,19-16-,20-17-,27-24-,28-25-,29-26-,33-31-,38-35-,40-37-,49-46-. The van der Waals surface area contributed by atoms with E-state index in [9.17, 15) is 14.4 Å². The van der Waals surface area contributed by atoms with Gasteiger partial charge in [-0.2, -0.15) is 0 Å². The van der Waals surface area contributed by atoms with Crippen LogP contribution < -0.4 is 0 Å². The fourth-order valence-corrected chi connectivity index (χ4v) is 6.59. The minimum Gasteiger partial charge on any atom is -0.462 e. The van der Waals surface area contributed by atoms with Crippen molar-refractivity contribution in [1.82, 2.24) is 0 Å². The highest BCUT2D eigenvalue weighted by Crippen LogP contribution is 2.12. The molecule has 0 heterocycles. The lowest BCUT2D eigenvalue weighted by atomic mass is 10.1. The molecular formula is C62H96O6. The molecule has 0 aliphatic carbocycles. The first kappa shape index (κ1) is 63.3. The topological polar surface area (TPSA) is 78.9 Å². The Balaban J connectivity index is 4.60. The lowest BCUT2D eigenvalue weighted by Crippen LogP contribution is -2.30. The van der Waals surface area contributed by atoms with E-state index in [0.717, 1.165) is 141 Å². The number of carbonyl (C=O) groups is 3. The Hall–Kier alpha value is -4.71. The molecule has 0 bridgehead atoms. The largest absolute Gasteiger partial charge is 0.462 e. The molecule has 1 atom stereocenters. The molecule has 0 N–H and O–H groups in total. The number of ether oxygens (including phenoxy) is 3. The van der Waals surface area contributed by atoms with Gasteiger partial charge in [0.1, 0.15) is 13.2 Å². The van der Waals surface area contributed by atoms with Crippen LogP contribution in [0.3, 0.4) is 0 Å². The van der Waals surface area contributed by atoms with Crippen LogP contribution in [0.4, 0.5) is 0 Å². The number of allylic oxidation sites excluding steroid dienone is 24. The Morgan fingerprint density at radius 2 is 0.603 bits per heavy atom. The molecule has 1 unspecified atom stereocenters. The van der Waals surface area contributed by atoms with E-state index in [1.54, 1.807) is 0 Å².